The summed E-state index contributed by atoms with van der Waals surface area (Å²) in [6.07, 6.45) is 0.976. The Labute approximate surface area is 108 Å². The Hall–Kier alpha value is -2.70. The molecule has 100 valence electrons. The standard InChI is InChI=1S/C12H11NO6/c1-2-11(14)18-7-8-19-12(15)9-5-3-4-6-10(9)13(16)17/h2-6H,1,7-8H2. The van der Waals surface area contributed by atoms with Crippen molar-refractivity contribution in [1.82, 2.24) is 0 Å². The normalized spacial score (nSPS) is 9.47. The van der Waals surface area contributed by atoms with Crippen LogP contribution in [0.25, 0.3) is 0 Å². The minimum atomic E-state index is -0.845. The van der Waals surface area contributed by atoms with Gasteiger partial charge in [0.25, 0.3) is 5.69 Å². The van der Waals surface area contributed by atoms with Crippen LogP contribution >= 0.6 is 0 Å². The van der Waals surface area contributed by atoms with Crippen LogP contribution in [0.5, 0.6) is 0 Å². The quantitative estimate of drug-likeness (QED) is 0.254. The number of hydrogen-bond acceptors (Lipinski definition) is 6. The summed E-state index contributed by atoms with van der Waals surface area (Å²) in [5, 5.41) is 10.7. The average molecular weight is 265 g/mol. The average Bonchev–Trinajstić information content (AvgIpc) is 2.42. The van der Waals surface area contributed by atoms with Gasteiger partial charge in [-0.2, -0.15) is 0 Å². The second kappa shape index (κ2) is 6.90. The van der Waals surface area contributed by atoms with Gasteiger partial charge < -0.3 is 9.47 Å². The van der Waals surface area contributed by atoms with Gasteiger partial charge in [-0.25, -0.2) is 9.59 Å². The topological polar surface area (TPSA) is 95.7 Å². The van der Waals surface area contributed by atoms with Crippen LogP contribution in [0.15, 0.2) is 36.9 Å². The van der Waals surface area contributed by atoms with Crippen molar-refractivity contribution in [3.8, 4) is 0 Å². The number of benzene rings is 1. The highest BCUT2D eigenvalue weighted by molar-refractivity contribution is 5.93. The van der Waals surface area contributed by atoms with Crippen molar-refractivity contribution in [1.29, 1.82) is 0 Å². The van der Waals surface area contributed by atoms with E-state index in [2.05, 4.69) is 11.3 Å². The fraction of sp³-hybridized carbons (Fsp3) is 0.167. The summed E-state index contributed by atoms with van der Waals surface area (Å²) in [6.45, 7) is 2.86. The molecule has 0 amide bonds. The Balaban J connectivity index is 2.57. The molecule has 0 spiro atoms. The number of nitrogens with zero attached hydrogens (tertiary/aromatic N) is 1. The maximum atomic E-state index is 11.6. The molecule has 0 unspecified atom stereocenters. The van der Waals surface area contributed by atoms with Crippen molar-refractivity contribution in [2.75, 3.05) is 13.2 Å². The molecule has 0 fully saturated rings. The predicted molar refractivity (Wildman–Crippen MR) is 64.5 cm³/mol. The Morgan fingerprint density at radius 2 is 1.89 bits per heavy atom. The van der Waals surface area contributed by atoms with Crippen molar-refractivity contribution in [2.24, 2.45) is 0 Å². The third kappa shape index (κ3) is 4.23. The summed E-state index contributed by atoms with van der Waals surface area (Å²) in [6, 6.07) is 5.42. The highest BCUT2D eigenvalue weighted by Gasteiger charge is 2.20. The number of carbonyl (C=O) groups excluding carboxylic acids is 2. The van der Waals surface area contributed by atoms with E-state index in [9.17, 15) is 19.7 Å². The minimum Gasteiger partial charge on any atom is -0.459 e. The smallest absolute Gasteiger partial charge is 0.345 e. The first-order valence-corrected chi connectivity index (χ1v) is 5.26. The lowest BCUT2D eigenvalue weighted by atomic mass is 10.2. The molecule has 0 aromatic heterocycles. The van der Waals surface area contributed by atoms with E-state index in [1.807, 2.05) is 0 Å². The first-order chi connectivity index (χ1) is 9.06. The summed E-state index contributed by atoms with van der Waals surface area (Å²) < 4.78 is 9.35. The summed E-state index contributed by atoms with van der Waals surface area (Å²) in [4.78, 5) is 32.3. The fourth-order valence-corrected chi connectivity index (χ4v) is 1.22. The molecule has 1 rings (SSSR count). The molecule has 0 aliphatic heterocycles. The van der Waals surface area contributed by atoms with Gasteiger partial charge in [0.15, 0.2) is 0 Å². The summed E-state index contributed by atoms with van der Waals surface area (Å²) in [5.41, 5.74) is -0.488. The van der Waals surface area contributed by atoms with E-state index in [4.69, 9.17) is 4.74 Å². The first kappa shape index (κ1) is 14.4. The minimum absolute atomic E-state index is 0.142. The molecule has 0 atom stereocenters. The highest BCUT2D eigenvalue weighted by Crippen LogP contribution is 2.18. The van der Waals surface area contributed by atoms with Gasteiger partial charge in [0.05, 0.1) is 4.92 Å². The van der Waals surface area contributed by atoms with Crippen LogP contribution in [0.1, 0.15) is 10.4 Å². The SMILES string of the molecule is C=CC(=O)OCCOC(=O)c1ccccc1[N+](=O)[O-]. The lowest BCUT2D eigenvalue weighted by Gasteiger charge is -2.05. The van der Waals surface area contributed by atoms with E-state index in [0.29, 0.717) is 0 Å². The van der Waals surface area contributed by atoms with E-state index in [-0.39, 0.29) is 24.5 Å². The maximum absolute atomic E-state index is 11.6. The van der Waals surface area contributed by atoms with Crippen LogP contribution in [0.3, 0.4) is 0 Å². The maximum Gasteiger partial charge on any atom is 0.345 e. The van der Waals surface area contributed by atoms with Crippen molar-refractivity contribution in [3.05, 3.63) is 52.6 Å². The number of nitro benzene ring substituents is 1. The van der Waals surface area contributed by atoms with E-state index >= 15 is 0 Å². The number of hydrogen-bond donors (Lipinski definition) is 0. The Morgan fingerprint density at radius 1 is 1.26 bits per heavy atom. The Morgan fingerprint density at radius 3 is 2.53 bits per heavy atom. The van der Waals surface area contributed by atoms with Crippen molar-refractivity contribution in [3.63, 3.8) is 0 Å². The number of ether oxygens (including phenoxy) is 2. The zero-order chi connectivity index (χ0) is 14.3. The highest BCUT2D eigenvalue weighted by atomic mass is 16.6. The number of rotatable bonds is 6. The molecule has 7 heteroatoms. The molecule has 0 N–H and O–H groups in total. The van der Waals surface area contributed by atoms with Crippen LogP contribution in [0.2, 0.25) is 0 Å². The number of esters is 2. The number of para-hydroxylation sites is 1. The molecule has 0 aliphatic carbocycles. The monoisotopic (exact) mass is 265 g/mol. The van der Waals surface area contributed by atoms with Gasteiger partial charge in [-0.1, -0.05) is 18.7 Å². The van der Waals surface area contributed by atoms with E-state index < -0.39 is 16.9 Å². The van der Waals surface area contributed by atoms with E-state index in [0.717, 1.165) is 6.08 Å². The van der Waals surface area contributed by atoms with Crippen molar-refractivity contribution < 1.29 is 24.0 Å². The van der Waals surface area contributed by atoms with Crippen molar-refractivity contribution >= 4 is 17.6 Å². The van der Waals surface area contributed by atoms with Crippen LogP contribution in [-0.4, -0.2) is 30.1 Å². The molecule has 0 aliphatic rings. The van der Waals surface area contributed by atoms with Crippen molar-refractivity contribution in [2.45, 2.75) is 0 Å². The van der Waals surface area contributed by atoms with Gasteiger partial charge in [0, 0.05) is 12.1 Å². The Kier molecular flexibility index (Phi) is 5.21. The van der Waals surface area contributed by atoms with E-state index in [1.165, 1.54) is 24.3 Å². The third-order valence-electron chi connectivity index (χ3n) is 2.05. The van der Waals surface area contributed by atoms with Gasteiger partial charge in [0.2, 0.25) is 0 Å². The van der Waals surface area contributed by atoms with Crippen LogP contribution < -0.4 is 0 Å². The van der Waals surface area contributed by atoms with Gasteiger partial charge >= 0.3 is 11.9 Å². The second-order valence-electron chi connectivity index (χ2n) is 3.28. The second-order valence-corrected chi connectivity index (χ2v) is 3.28. The molecule has 1 aromatic carbocycles. The summed E-state index contributed by atoms with van der Waals surface area (Å²) >= 11 is 0. The molecular weight excluding hydrogens is 254 g/mol. The zero-order valence-corrected chi connectivity index (χ0v) is 9.90. The zero-order valence-electron chi connectivity index (χ0n) is 9.90. The van der Waals surface area contributed by atoms with Gasteiger partial charge in [-0.15, -0.1) is 0 Å². The number of carbonyl (C=O) groups is 2. The van der Waals surface area contributed by atoms with Crippen LogP contribution in [0.4, 0.5) is 5.69 Å². The van der Waals surface area contributed by atoms with E-state index in [1.54, 1.807) is 0 Å². The molecule has 7 nitrogen and oxygen atoms in total. The lowest BCUT2D eigenvalue weighted by Crippen LogP contribution is -2.14. The third-order valence-corrected chi connectivity index (χ3v) is 2.05. The summed E-state index contributed by atoms with van der Waals surface area (Å²) in [5.74, 6) is -1.48. The fourth-order valence-electron chi connectivity index (χ4n) is 1.22. The number of nitro groups is 1. The molecule has 19 heavy (non-hydrogen) atoms. The summed E-state index contributed by atoms with van der Waals surface area (Å²) in [7, 11) is 0. The molecule has 0 radical (unpaired) electrons. The van der Waals surface area contributed by atoms with Crippen LogP contribution in [0, 0.1) is 10.1 Å². The molecule has 0 bridgehead atoms. The van der Waals surface area contributed by atoms with Crippen LogP contribution in [-0.2, 0) is 14.3 Å². The van der Waals surface area contributed by atoms with Gasteiger partial charge in [0.1, 0.15) is 18.8 Å². The molecule has 1 aromatic rings. The first-order valence-electron chi connectivity index (χ1n) is 5.26. The molecule has 0 heterocycles. The van der Waals surface area contributed by atoms with Gasteiger partial charge in [-0.05, 0) is 6.07 Å². The lowest BCUT2D eigenvalue weighted by molar-refractivity contribution is -0.385. The largest absolute Gasteiger partial charge is 0.459 e. The molecular formula is C12H11NO6. The predicted octanol–water partition coefficient (Wildman–Crippen LogP) is 1.48. The Bertz CT molecular complexity index is 511. The molecule has 0 saturated carbocycles. The molecule has 0 saturated heterocycles. The van der Waals surface area contributed by atoms with Gasteiger partial charge in [-0.3, -0.25) is 10.1 Å².